The second kappa shape index (κ2) is 9.43. The van der Waals surface area contributed by atoms with Crippen molar-refractivity contribution in [2.45, 2.75) is 13.0 Å². The third kappa shape index (κ3) is 5.73. The molecule has 1 aromatic carbocycles. The Bertz CT molecular complexity index is 725. The molecule has 1 aliphatic heterocycles. The molecule has 27 heavy (non-hydrogen) atoms. The zero-order valence-corrected chi connectivity index (χ0v) is 15.8. The lowest BCUT2D eigenvalue weighted by Gasteiger charge is -2.30. The summed E-state index contributed by atoms with van der Waals surface area (Å²) in [6, 6.07) is 2.63. The number of primary amides is 1. The molecule has 1 atom stereocenters. The number of benzene rings is 1. The van der Waals surface area contributed by atoms with Crippen LogP contribution in [0.4, 0.5) is 0 Å². The molecule has 10 heteroatoms. The Morgan fingerprint density at radius 2 is 2.07 bits per heavy atom. The average molecular weight is 401 g/mol. The fraction of sp³-hybridized carbons (Fsp3) is 0.471. The number of nitrogens with two attached hydrogens (primary N) is 1. The lowest BCUT2D eigenvalue weighted by molar-refractivity contribution is -0.141. The number of hydrogen-bond donors (Lipinski definition) is 1. The van der Waals surface area contributed by atoms with Crippen molar-refractivity contribution >= 4 is 29.4 Å². The summed E-state index contributed by atoms with van der Waals surface area (Å²) < 4.78 is 20.7. The van der Waals surface area contributed by atoms with Crippen LogP contribution in [0.1, 0.15) is 17.3 Å². The zero-order valence-electron chi connectivity index (χ0n) is 15.0. The van der Waals surface area contributed by atoms with Gasteiger partial charge in [0.15, 0.2) is 24.7 Å². The predicted molar refractivity (Wildman–Crippen MR) is 95.0 cm³/mol. The van der Waals surface area contributed by atoms with Crippen molar-refractivity contribution < 1.29 is 33.3 Å². The van der Waals surface area contributed by atoms with E-state index in [0.717, 1.165) is 0 Å². The SMILES string of the molecule is COc1cc(C(=O)OCC(=O)N2CCOC(C)C2)cc(Cl)c1OCC(N)=O. The van der Waals surface area contributed by atoms with Crippen molar-refractivity contribution in [3.8, 4) is 11.5 Å². The van der Waals surface area contributed by atoms with Gasteiger partial charge in [0, 0.05) is 13.1 Å². The average Bonchev–Trinajstić information content (AvgIpc) is 2.63. The van der Waals surface area contributed by atoms with Crippen LogP contribution in [0.25, 0.3) is 0 Å². The molecule has 2 amide bonds. The number of halogens is 1. The molecule has 0 bridgehead atoms. The molecule has 1 saturated heterocycles. The van der Waals surface area contributed by atoms with E-state index in [9.17, 15) is 14.4 Å². The molecule has 0 aliphatic carbocycles. The van der Waals surface area contributed by atoms with Crippen LogP contribution in [0.2, 0.25) is 5.02 Å². The van der Waals surface area contributed by atoms with E-state index < -0.39 is 25.1 Å². The van der Waals surface area contributed by atoms with Gasteiger partial charge in [0.25, 0.3) is 11.8 Å². The standard InChI is InChI=1S/C17H21ClN2O7/c1-10-7-20(3-4-25-10)15(22)9-27-17(23)11-5-12(18)16(13(6-11)24-2)26-8-14(19)21/h5-6,10H,3-4,7-9H2,1-2H3,(H2,19,21). The van der Waals surface area contributed by atoms with Gasteiger partial charge in [0.05, 0.1) is 30.4 Å². The quantitative estimate of drug-likeness (QED) is 0.666. The number of hydrogen-bond acceptors (Lipinski definition) is 7. The van der Waals surface area contributed by atoms with E-state index in [1.165, 1.54) is 19.2 Å². The van der Waals surface area contributed by atoms with E-state index in [2.05, 4.69) is 0 Å². The minimum absolute atomic E-state index is 0.0379. The Balaban J connectivity index is 2.02. The van der Waals surface area contributed by atoms with Gasteiger partial charge in [0.1, 0.15) is 0 Å². The Morgan fingerprint density at radius 1 is 1.33 bits per heavy atom. The van der Waals surface area contributed by atoms with Crippen LogP contribution < -0.4 is 15.2 Å². The minimum Gasteiger partial charge on any atom is -0.493 e. The van der Waals surface area contributed by atoms with Gasteiger partial charge < -0.3 is 29.6 Å². The summed E-state index contributed by atoms with van der Waals surface area (Å²) in [5.74, 6) is -1.53. The Kier molecular flexibility index (Phi) is 7.26. The van der Waals surface area contributed by atoms with Crippen molar-refractivity contribution in [3.05, 3.63) is 22.7 Å². The van der Waals surface area contributed by atoms with E-state index in [-0.39, 0.29) is 34.1 Å². The molecule has 2 rings (SSSR count). The topological polar surface area (TPSA) is 117 Å². The summed E-state index contributed by atoms with van der Waals surface area (Å²) in [4.78, 5) is 36.8. The fourth-order valence-electron chi connectivity index (χ4n) is 2.47. The van der Waals surface area contributed by atoms with Crippen LogP contribution in [-0.2, 0) is 19.1 Å². The van der Waals surface area contributed by atoms with E-state index in [1.807, 2.05) is 6.92 Å². The largest absolute Gasteiger partial charge is 0.493 e. The molecule has 148 valence electrons. The smallest absolute Gasteiger partial charge is 0.338 e. The maximum absolute atomic E-state index is 12.2. The highest BCUT2D eigenvalue weighted by atomic mass is 35.5. The molecular formula is C17H21ClN2O7. The first-order chi connectivity index (χ1) is 12.8. The number of amides is 2. The van der Waals surface area contributed by atoms with Crippen molar-refractivity contribution in [2.24, 2.45) is 5.73 Å². The second-order valence-electron chi connectivity index (χ2n) is 5.84. The third-order valence-electron chi connectivity index (χ3n) is 3.74. The van der Waals surface area contributed by atoms with Crippen LogP contribution in [0.3, 0.4) is 0 Å². The van der Waals surface area contributed by atoms with Gasteiger partial charge >= 0.3 is 5.97 Å². The van der Waals surface area contributed by atoms with Crippen LogP contribution in [-0.4, -0.2) is 68.8 Å². The number of esters is 1. The van der Waals surface area contributed by atoms with Crippen molar-refractivity contribution in [2.75, 3.05) is 40.0 Å². The van der Waals surface area contributed by atoms with Crippen LogP contribution in [0, 0.1) is 0 Å². The zero-order chi connectivity index (χ0) is 20.0. The highest BCUT2D eigenvalue weighted by Crippen LogP contribution is 2.36. The molecule has 0 saturated carbocycles. The number of rotatable bonds is 7. The predicted octanol–water partition coefficient (Wildman–Crippen LogP) is 0.617. The molecule has 0 radical (unpaired) electrons. The van der Waals surface area contributed by atoms with Gasteiger partial charge in [-0.2, -0.15) is 0 Å². The lowest BCUT2D eigenvalue weighted by Crippen LogP contribution is -2.46. The van der Waals surface area contributed by atoms with Gasteiger partial charge in [0.2, 0.25) is 0 Å². The first kappa shape index (κ1) is 20.8. The molecule has 2 N–H and O–H groups in total. The number of morpholine rings is 1. The third-order valence-corrected chi connectivity index (χ3v) is 4.03. The molecule has 1 fully saturated rings. The summed E-state index contributed by atoms with van der Waals surface area (Å²) >= 11 is 6.09. The Morgan fingerprint density at radius 3 is 2.70 bits per heavy atom. The number of methoxy groups -OCH3 is 1. The van der Waals surface area contributed by atoms with E-state index in [1.54, 1.807) is 4.90 Å². The summed E-state index contributed by atoms with van der Waals surface area (Å²) in [7, 11) is 1.35. The molecule has 1 unspecified atom stereocenters. The van der Waals surface area contributed by atoms with Gasteiger partial charge in [-0.05, 0) is 19.1 Å². The molecule has 1 aliphatic rings. The number of ether oxygens (including phenoxy) is 4. The highest BCUT2D eigenvalue weighted by molar-refractivity contribution is 6.32. The molecule has 1 aromatic rings. The normalized spacial score (nSPS) is 16.6. The number of carbonyl (C=O) groups excluding carboxylic acids is 3. The van der Waals surface area contributed by atoms with Crippen LogP contribution >= 0.6 is 11.6 Å². The summed E-state index contributed by atoms with van der Waals surface area (Å²) in [6.07, 6.45) is -0.0607. The Hall–Kier alpha value is -2.52. The summed E-state index contributed by atoms with van der Waals surface area (Å²) in [6.45, 7) is 2.41. The van der Waals surface area contributed by atoms with Gasteiger partial charge in [-0.15, -0.1) is 0 Å². The van der Waals surface area contributed by atoms with Crippen LogP contribution in [0.5, 0.6) is 11.5 Å². The Labute approximate surface area is 161 Å². The lowest BCUT2D eigenvalue weighted by atomic mass is 10.2. The van der Waals surface area contributed by atoms with Gasteiger partial charge in [-0.3, -0.25) is 9.59 Å². The van der Waals surface area contributed by atoms with Gasteiger partial charge in [-0.1, -0.05) is 11.6 Å². The molecular weight excluding hydrogens is 380 g/mol. The van der Waals surface area contributed by atoms with Crippen molar-refractivity contribution in [3.63, 3.8) is 0 Å². The first-order valence-electron chi connectivity index (χ1n) is 8.17. The highest BCUT2D eigenvalue weighted by Gasteiger charge is 2.23. The number of nitrogens with zero attached hydrogens (tertiary/aromatic N) is 1. The van der Waals surface area contributed by atoms with Crippen molar-refractivity contribution in [1.29, 1.82) is 0 Å². The van der Waals surface area contributed by atoms with E-state index in [0.29, 0.717) is 19.7 Å². The molecule has 1 heterocycles. The minimum atomic E-state index is -0.744. The molecule has 9 nitrogen and oxygen atoms in total. The van der Waals surface area contributed by atoms with Gasteiger partial charge in [-0.25, -0.2) is 4.79 Å². The van der Waals surface area contributed by atoms with Crippen molar-refractivity contribution in [1.82, 2.24) is 4.90 Å². The summed E-state index contributed by atoms with van der Waals surface area (Å²) in [5.41, 5.74) is 5.11. The monoisotopic (exact) mass is 400 g/mol. The fourth-order valence-corrected chi connectivity index (χ4v) is 2.73. The van der Waals surface area contributed by atoms with Crippen LogP contribution in [0.15, 0.2) is 12.1 Å². The maximum atomic E-state index is 12.2. The molecule has 0 aromatic heterocycles. The summed E-state index contributed by atoms with van der Waals surface area (Å²) in [5, 5.41) is 0.0379. The van der Waals surface area contributed by atoms with E-state index in [4.69, 9.17) is 36.3 Å². The number of carbonyl (C=O) groups is 3. The van der Waals surface area contributed by atoms with E-state index >= 15 is 0 Å². The molecule has 0 spiro atoms. The maximum Gasteiger partial charge on any atom is 0.338 e. The first-order valence-corrected chi connectivity index (χ1v) is 8.54. The second-order valence-corrected chi connectivity index (χ2v) is 6.25.